The minimum atomic E-state index is 0.144. The maximum Gasteiger partial charge on any atom is 0.117 e. The van der Waals surface area contributed by atoms with Gasteiger partial charge in [-0.2, -0.15) is 0 Å². The second-order valence-electron chi connectivity index (χ2n) is 5.65. The van der Waals surface area contributed by atoms with Crippen LogP contribution in [0.3, 0.4) is 0 Å². The molecule has 3 nitrogen and oxygen atoms in total. The van der Waals surface area contributed by atoms with Gasteiger partial charge < -0.3 is 9.15 Å². The summed E-state index contributed by atoms with van der Waals surface area (Å²) in [7, 11) is 0. The zero-order valence-electron chi connectivity index (χ0n) is 12.0. The standard InChI is InChI=1S/C17H21NO2/c1-13(2)17-18(11-15-9-6-10-19-15)16(12-20-17)14-7-4-3-5-8-14/h3-10,13,16-17H,11-12H2,1-2H3/t16-,17?/m0/s1. The molecule has 0 bridgehead atoms. The normalized spacial score (nSPS) is 23.6. The number of furan rings is 1. The topological polar surface area (TPSA) is 25.6 Å². The highest BCUT2D eigenvalue weighted by molar-refractivity contribution is 5.20. The highest BCUT2D eigenvalue weighted by Crippen LogP contribution is 2.34. The molecule has 0 N–H and O–H groups in total. The summed E-state index contributed by atoms with van der Waals surface area (Å²) in [4.78, 5) is 2.40. The molecule has 2 atom stereocenters. The largest absolute Gasteiger partial charge is 0.468 e. The van der Waals surface area contributed by atoms with Crippen LogP contribution >= 0.6 is 0 Å². The molecule has 2 aromatic rings. The second kappa shape index (κ2) is 5.81. The van der Waals surface area contributed by atoms with E-state index < -0.39 is 0 Å². The Morgan fingerprint density at radius 3 is 2.60 bits per heavy atom. The summed E-state index contributed by atoms with van der Waals surface area (Å²) in [5, 5.41) is 0. The number of hydrogen-bond acceptors (Lipinski definition) is 3. The Balaban J connectivity index is 1.85. The summed E-state index contributed by atoms with van der Waals surface area (Å²) in [5.74, 6) is 1.45. The van der Waals surface area contributed by atoms with Gasteiger partial charge in [0, 0.05) is 0 Å². The predicted molar refractivity (Wildman–Crippen MR) is 78.0 cm³/mol. The Bertz CT molecular complexity index is 521. The molecule has 2 heterocycles. The monoisotopic (exact) mass is 271 g/mol. The molecule has 1 aromatic carbocycles. The van der Waals surface area contributed by atoms with Gasteiger partial charge in [-0.1, -0.05) is 44.2 Å². The van der Waals surface area contributed by atoms with Crippen LogP contribution in [0.5, 0.6) is 0 Å². The van der Waals surface area contributed by atoms with Gasteiger partial charge in [0.15, 0.2) is 0 Å². The van der Waals surface area contributed by atoms with Crippen LogP contribution in [-0.4, -0.2) is 17.7 Å². The van der Waals surface area contributed by atoms with Gasteiger partial charge in [0.05, 0.1) is 25.5 Å². The molecule has 1 unspecified atom stereocenters. The molecule has 0 radical (unpaired) electrons. The Hall–Kier alpha value is -1.58. The van der Waals surface area contributed by atoms with Crippen molar-refractivity contribution in [3.8, 4) is 0 Å². The lowest BCUT2D eigenvalue weighted by Crippen LogP contribution is -2.35. The highest BCUT2D eigenvalue weighted by atomic mass is 16.5. The van der Waals surface area contributed by atoms with Gasteiger partial charge in [-0.25, -0.2) is 0 Å². The van der Waals surface area contributed by atoms with Gasteiger partial charge in [0.25, 0.3) is 0 Å². The number of rotatable bonds is 4. The summed E-state index contributed by atoms with van der Waals surface area (Å²) < 4.78 is 11.5. The van der Waals surface area contributed by atoms with E-state index in [-0.39, 0.29) is 6.23 Å². The lowest BCUT2D eigenvalue weighted by atomic mass is 10.1. The van der Waals surface area contributed by atoms with Gasteiger partial charge in [-0.3, -0.25) is 4.90 Å². The lowest BCUT2D eigenvalue weighted by Gasteiger charge is -2.29. The van der Waals surface area contributed by atoms with Gasteiger partial charge in [-0.05, 0) is 23.6 Å². The van der Waals surface area contributed by atoms with E-state index in [1.165, 1.54) is 5.56 Å². The minimum absolute atomic E-state index is 0.144. The quantitative estimate of drug-likeness (QED) is 0.845. The molecule has 20 heavy (non-hydrogen) atoms. The van der Waals surface area contributed by atoms with Crippen LogP contribution in [0.15, 0.2) is 53.1 Å². The third-order valence-electron chi connectivity index (χ3n) is 3.83. The molecule has 1 aliphatic rings. The smallest absolute Gasteiger partial charge is 0.117 e. The van der Waals surface area contributed by atoms with Crippen molar-refractivity contribution in [1.82, 2.24) is 4.90 Å². The molecule has 1 saturated heterocycles. The molecule has 0 aliphatic carbocycles. The molecule has 0 spiro atoms. The van der Waals surface area contributed by atoms with E-state index in [0.29, 0.717) is 12.0 Å². The van der Waals surface area contributed by atoms with E-state index >= 15 is 0 Å². The molecule has 3 heteroatoms. The van der Waals surface area contributed by atoms with Crippen molar-refractivity contribution in [2.75, 3.05) is 6.61 Å². The predicted octanol–water partition coefficient (Wildman–Crippen LogP) is 3.84. The van der Waals surface area contributed by atoms with Crippen LogP contribution < -0.4 is 0 Å². The fraction of sp³-hybridized carbons (Fsp3) is 0.412. The van der Waals surface area contributed by atoms with Gasteiger partial charge >= 0.3 is 0 Å². The Labute approximate surface area is 120 Å². The Morgan fingerprint density at radius 2 is 1.95 bits per heavy atom. The zero-order valence-corrected chi connectivity index (χ0v) is 12.0. The molecule has 106 valence electrons. The van der Waals surface area contributed by atoms with Gasteiger partial charge in [0.2, 0.25) is 0 Å². The molecular weight excluding hydrogens is 250 g/mol. The van der Waals surface area contributed by atoms with Crippen molar-refractivity contribution in [2.45, 2.75) is 32.7 Å². The molecule has 1 aromatic heterocycles. The molecule has 3 rings (SSSR count). The van der Waals surface area contributed by atoms with Gasteiger partial charge in [0.1, 0.15) is 12.0 Å². The highest BCUT2D eigenvalue weighted by Gasteiger charge is 2.37. The summed E-state index contributed by atoms with van der Waals surface area (Å²) in [6, 6.07) is 14.8. The van der Waals surface area contributed by atoms with Gasteiger partial charge in [-0.15, -0.1) is 0 Å². The van der Waals surface area contributed by atoms with E-state index in [2.05, 4.69) is 49.1 Å². The first kappa shape index (κ1) is 13.4. The maximum absolute atomic E-state index is 6.03. The minimum Gasteiger partial charge on any atom is -0.468 e. The molecule has 0 amide bonds. The summed E-state index contributed by atoms with van der Waals surface area (Å²) in [6.07, 6.45) is 1.87. The Morgan fingerprint density at radius 1 is 1.15 bits per heavy atom. The van der Waals surface area contributed by atoms with Crippen molar-refractivity contribution in [1.29, 1.82) is 0 Å². The van der Waals surface area contributed by atoms with E-state index in [9.17, 15) is 0 Å². The van der Waals surface area contributed by atoms with Crippen LogP contribution in [0.25, 0.3) is 0 Å². The first-order valence-electron chi connectivity index (χ1n) is 7.20. The average molecular weight is 271 g/mol. The number of benzene rings is 1. The van der Waals surface area contributed by atoms with Crippen molar-refractivity contribution in [3.63, 3.8) is 0 Å². The fourth-order valence-corrected chi connectivity index (χ4v) is 2.88. The van der Waals surface area contributed by atoms with Crippen LogP contribution in [-0.2, 0) is 11.3 Å². The Kier molecular flexibility index (Phi) is 3.90. The second-order valence-corrected chi connectivity index (χ2v) is 5.65. The van der Waals surface area contributed by atoms with Crippen LogP contribution in [0, 0.1) is 5.92 Å². The fourth-order valence-electron chi connectivity index (χ4n) is 2.88. The number of nitrogens with zero attached hydrogens (tertiary/aromatic N) is 1. The first-order chi connectivity index (χ1) is 9.75. The van der Waals surface area contributed by atoms with Crippen molar-refractivity contribution in [2.24, 2.45) is 5.92 Å². The third-order valence-corrected chi connectivity index (χ3v) is 3.83. The van der Waals surface area contributed by atoms with Crippen LogP contribution in [0.1, 0.15) is 31.2 Å². The third kappa shape index (κ3) is 2.65. The van der Waals surface area contributed by atoms with E-state index in [1.807, 2.05) is 12.1 Å². The first-order valence-corrected chi connectivity index (χ1v) is 7.20. The molecule has 1 fully saturated rings. The molecular formula is C17H21NO2. The van der Waals surface area contributed by atoms with Crippen molar-refractivity contribution >= 4 is 0 Å². The lowest BCUT2D eigenvalue weighted by molar-refractivity contribution is -0.0119. The SMILES string of the molecule is CC(C)C1OC[C@@H](c2ccccc2)N1Cc1ccco1. The average Bonchev–Trinajstić information content (AvgIpc) is 3.10. The number of ether oxygens (including phenoxy) is 1. The molecule has 0 saturated carbocycles. The summed E-state index contributed by atoms with van der Waals surface area (Å²) in [5.41, 5.74) is 1.31. The maximum atomic E-state index is 6.03. The van der Waals surface area contributed by atoms with Crippen molar-refractivity contribution in [3.05, 3.63) is 60.1 Å². The van der Waals surface area contributed by atoms with Crippen molar-refractivity contribution < 1.29 is 9.15 Å². The van der Waals surface area contributed by atoms with Crippen LogP contribution in [0.4, 0.5) is 0 Å². The summed E-state index contributed by atoms with van der Waals surface area (Å²) >= 11 is 0. The molecule has 1 aliphatic heterocycles. The number of hydrogen-bond donors (Lipinski definition) is 0. The van der Waals surface area contributed by atoms with E-state index in [1.54, 1.807) is 6.26 Å². The zero-order chi connectivity index (χ0) is 13.9. The van der Waals surface area contributed by atoms with E-state index in [4.69, 9.17) is 9.15 Å². The van der Waals surface area contributed by atoms with Crippen LogP contribution in [0.2, 0.25) is 0 Å². The van der Waals surface area contributed by atoms with E-state index in [0.717, 1.165) is 18.9 Å². The summed E-state index contributed by atoms with van der Waals surface area (Å²) in [6.45, 7) is 5.93.